The lowest BCUT2D eigenvalue weighted by Gasteiger charge is -2.07. The number of hydrogen-bond donors (Lipinski definition) is 1. The highest BCUT2D eigenvalue weighted by Crippen LogP contribution is 2.11. The molecule has 0 unspecified atom stereocenters. The van der Waals surface area contributed by atoms with E-state index in [-0.39, 0.29) is 5.91 Å². The van der Waals surface area contributed by atoms with Crippen LogP contribution >= 0.6 is 0 Å². The van der Waals surface area contributed by atoms with Crippen LogP contribution in [0.5, 0.6) is 0 Å². The van der Waals surface area contributed by atoms with Crippen molar-refractivity contribution >= 4 is 5.91 Å². The van der Waals surface area contributed by atoms with Crippen LogP contribution in [0.2, 0.25) is 0 Å². The molecule has 8 heteroatoms. The summed E-state index contributed by atoms with van der Waals surface area (Å²) >= 11 is 0. The standard InChI is InChI=1S/C13H19N5O3/c1-9-12(10(2)21-17-9)13(19)14-5-4-11-16-15-8-18(11)6-7-20-3/h8H,4-7H2,1-3H3,(H,14,19). The maximum Gasteiger partial charge on any atom is 0.256 e. The Bertz CT molecular complexity index is 585. The van der Waals surface area contributed by atoms with Crippen molar-refractivity contribution in [3.8, 4) is 0 Å². The first-order chi connectivity index (χ1) is 10.1. The van der Waals surface area contributed by atoms with Crippen LogP contribution in [-0.4, -0.2) is 46.1 Å². The second kappa shape index (κ2) is 6.98. The Hall–Kier alpha value is -2.22. The molecule has 0 atom stereocenters. The number of nitrogens with zero attached hydrogens (tertiary/aromatic N) is 4. The van der Waals surface area contributed by atoms with Crippen molar-refractivity contribution in [2.75, 3.05) is 20.3 Å². The molecule has 21 heavy (non-hydrogen) atoms. The summed E-state index contributed by atoms with van der Waals surface area (Å²) in [5.41, 5.74) is 1.09. The number of rotatable bonds is 7. The third-order valence-corrected chi connectivity index (χ3v) is 3.13. The van der Waals surface area contributed by atoms with Gasteiger partial charge in [0.2, 0.25) is 0 Å². The number of hydrogen-bond acceptors (Lipinski definition) is 6. The van der Waals surface area contributed by atoms with E-state index in [1.807, 2.05) is 4.57 Å². The topological polar surface area (TPSA) is 95.1 Å². The van der Waals surface area contributed by atoms with Gasteiger partial charge in [-0.15, -0.1) is 10.2 Å². The zero-order valence-corrected chi connectivity index (χ0v) is 12.4. The van der Waals surface area contributed by atoms with Crippen LogP contribution in [0.3, 0.4) is 0 Å². The van der Waals surface area contributed by atoms with Gasteiger partial charge < -0.3 is 19.1 Å². The van der Waals surface area contributed by atoms with Gasteiger partial charge in [-0.1, -0.05) is 5.16 Å². The summed E-state index contributed by atoms with van der Waals surface area (Å²) in [6.07, 6.45) is 2.25. The highest BCUT2D eigenvalue weighted by Gasteiger charge is 2.17. The van der Waals surface area contributed by atoms with Crippen molar-refractivity contribution in [1.82, 2.24) is 25.2 Å². The molecule has 0 bridgehead atoms. The molecule has 0 aromatic carbocycles. The zero-order chi connectivity index (χ0) is 15.2. The Morgan fingerprint density at radius 2 is 2.29 bits per heavy atom. The van der Waals surface area contributed by atoms with E-state index in [0.717, 1.165) is 5.82 Å². The summed E-state index contributed by atoms with van der Waals surface area (Å²) < 4.78 is 11.9. The molecule has 114 valence electrons. The van der Waals surface area contributed by atoms with Gasteiger partial charge in [0.1, 0.15) is 23.5 Å². The van der Waals surface area contributed by atoms with Gasteiger partial charge in [-0.3, -0.25) is 4.79 Å². The zero-order valence-electron chi connectivity index (χ0n) is 12.4. The molecule has 1 N–H and O–H groups in total. The fourth-order valence-electron chi connectivity index (χ4n) is 2.03. The average Bonchev–Trinajstić information content (AvgIpc) is 3.03. The molecule has 1 amide bonds. The molecule has 0 saturated heterocycles. The Morgan fingerprint density at radius 3 is 2.95 bits per heavy atom. The Balaban J connectivity index is 1.87. The van der Waals surface area contributed by atoms with Gasteiger partial charge in [0.25, 0.3) is 5.91 Å². The molecule has 0 radical (unpaired) electrons. The smallest absolute Gasteiger partial charge is 0.256 e. The van der Waals surface area contributed by atoms with Crippen LogP contribution in [0.4, 0.5) is 0 Å². The van der Waals surface area contributed by atoms with Crippen LogP contribution < -0.4 is 5.32 Å². The maximum absolute atomic E-state index is 12.1. The first-order valence-electron chi connectivity index (χ1n) is 6.70. The Kier molecular flexibility index (Phi) is 5.04. The molecule has 0 aliphatic rings. The van der Waals surface area contributed by atoms with Crippen molar-refractivity contribution in [2.45, 2.75) is 26.8 Å². The molecular formula is C13H19N5O3. The molecule has 2 aromatic heterocycles. The molecule has 0 saturated carbocycles. The van der Waals surface area contributed by atoms with E-state index in [1.165, 1.54) is 0 Å². The van der Waals surface area contributed by atoms with E-state index >= 15 is 0 Å². The van der Waals surface area contributed by atoms with Crippen molar-refractivity contribution in [2.24, 2.45) is 0 Å². The Morgan fingerprint density at radius 1 is 1.48 bits per heavy atom. The number of amides is 1. The summed E-state index contributed by atoms with van der Waals surface area (Å²) in [5.74, 6) is 1.15. The predicted octanol–water partition coefficient (Wildman–Crippen LogP) is 0.502. The number of carbonyl (C=O) groups excluding carboxylic acids is 1. The van der Waals surface area contributed by atoms with E-state index in [0.29, 0.717) is 43.1 Å². The monoisotopic (exact) mass is 293 g/mol. The van der Waals surface area contributed by atoms with E-state index in [9.17, 15) is 4.79 Å². The van der Waals surface area contributed by atoms with E-state index in [1.54, 1.807) is 27.3 Å². The summed E-state index contributed by atoms with van der Waals surface area (Å²) in [4.78, 5) is 12.1. The predicted molar refractivity (Wildman–Crippen MR) is 73.9 cm³/mol. The molecule has 2 aromatic rings. The normalized spacial score (nSPS) is 10.8. The van der Waals surface area contributed by atoms with Gasteiger partial charge in [0, 0.05) is 26.6 Å². The van der Waals surface area contributed by atoms with Gasteiger partial charge in [-0.2, -0.15) is 0 Å². The fourth-order valence-corrected chi connectivity index (χ4v) is 2.03. The minimum absolute atomic E-state index is 0.186. The molecule has 2 heterocycles. The minimum atomic E-state index is -0.186. The highest BCUT2D eigenvalue weighted by molar-refractivity contribution is 5.96. The molecule has 2 rings (SSSR count). The molecule has 0 aliphatic heterocycles. The van der Waals surface area contributed by atoms with Gasteiger partial charge in [-0.25, -0.2) is 0 Å². The quantitative estimate of drug-likeness (QED) is 0.799. The van der Waals surface area contributed by atoms with Crippen LogP contribution in [0, 0.1) is 13.8 Å². The largest absolute Gasteiger partial charge is 0.383 e. The summed E-state index contributed by atoms with van der Waals surface area (Å²) in [6, 6.07) is 0. The molecule has 0 aliphatic carbocycles. The van der Waals surface area contributed by atoms with Gasteiger partial charge in [0.15, 0.2) is 0 Å². The van der Waals surface area contributed by atoms with Crippen LogP contribution in [-0.2, 0) is 17.7 Å². The van der Waals surface area contributed by atoms with Gasteiger partial charge in [0.05, 0.1) is 12.3 Å². The third-order valence-electron chi connectivity index (χ3n) is 3.13. The maximum atomic E-state index is 12.1. The second-order valence-electron chi connectivity index (χ2n) is 4.64. The highest BCUT2D eigenvalue weighted by atomic mass is 16.5. The van der Waals surface area contributed by atoms with Crippen LogP contribution in [0.25, 0.3) is 0 Å². The lowest BCUT2D eigenvalue weighted by atomic mass is 10.2. The number of aromatic nitrogens is 4. The molecule has 8 nitrogen and oxygen atoms in total. The first kappa shape index (κ1) is 15.2. The van der Waals surface area contributed by atoms with E-state index in [2.05, 4.69) is 20.7 Å². The van der Waals surface area contributed by atoms with Crippen molar-refractivity contribution < 1.29 is 14.1 Å². The van der Waals surface area contributed by atoms with Gasteiger partial charge in [-0.05, 0) is 13.8 Å². The lowest BCUT2D eigenvalue weighted by Crippen LogP contribution is -2.27. The number of carbonyl (C=O) groups is 1. The van der Waals surface area contributed by atoms with Crippen LogP contribution in [0.1, 0.15) is 27.6 Å². The summed E-state index contributed by atoms with van der Waals surface area (Å²) in [7, 11) is 1.65. The molecule has 0 fully saturated rings. The van der Waals surface area contributed by atoms with Crippen LogP contribution in [0.15, 0.2) is 10.9 Å². The second-order valence-corrected chi connectivity index (χ2v) is 4.64. The SMILES string of the molecule is COCCn1cnnc1CCNC(=O)c1c(C)noc1C. The molecule has 0 spiro atoms. The first-order valence-corrected chi connectivity index (χ1v) is 6.70. The number of ether oxygens (including phenoxy) is 1. The number of methoxy groups -OCH3 is 1. The van der Waals surface area contributed by atoms with Crippen molar-refractivity contribution in [3.05, 3.63) is 29.2 Å². The average molecular weight is 293 g/mol. The minimum Gasteiger partial charge on any atom is -0.383 e. The van der Waals surface area contributed by atoms with E-state index in [4.69, 9.17) is 9.26 Å². The number of nitrogens with one attached hydrogen (secondary N) is 1. The van der Waals surface area contributed by atoms with Crippen molar-refractivity contribution in [3.63, 3.8) is 0 Å². The fraction of sp³-hybridized carbons (Fsp3) is 0.538. The Labute approximate surface area is 122 Å². The van der Waals surface area contributed by atoms with Crippen molar-refractivity contribution in [1.29, 1.82) is 0 Å². The summed E-state index contributed by atoms with van der Waals surface area (Å²) in [5, 5.41) is 14.5. The number of aryl methyl sites for hydroxylation is 2. The lowest BCUT2D eigenvalue weighted by molar-refractivity contribution is 0.0951. The molecular weight excluding hydrogens is 274 g/mol. The van der Waals surface area contributed by atoms with Gasteiger partial charge >= 0.3 is 0 Å². The van der Waals surface area contributed by atoms with E-state index < -0.39 is 0 Å². The third kappa shape index (κ3) is 3.66. The summed E-state index contributed by atoms with van der Waals surface area (Å²) in [6.45, 7) is 5.21.